The first-order valence-electron chi connectivity index (χ1n) is 8.83. The van der Waals surface area contributed by atoms with Crippen molar-refractivity contribution in [2.75, 3.05) is 6.54 Å². The highest BCUT2D eigenvalue weighted by atomic mass is 16.4. The van der Waals surface area contributed by atoms with E-state index in [-0.39, 0.29) is 12.0 Å². The number of hydrogen-bond donors (Lipinski definition) is 1. The molecule has 4 unspecified atom stereocenters. The van der Waals surface area contributed by atoms with E-state index in [1.807, 2.05) is 0 Å². The molecule has 1 heterocycles. The second-order valence-electron chi connectivity index (χ2n) is 8.18. The predicted octanol–water partition coefficient (Wildman–Crippen LogP) is 4.17. The summed E-state index contributed by atoms with van der Waals surface area (Å²) in [6.45, 7) is 10.3. The molecule has 1 saturated heterocycles. The van der Waals surface area contributed by atoms with Crippen LogP contribution in [-0.4, -0.2) is 34.6 Å². The van der Waals surface area contributed by atoms with Crippen LogP contribution in [-0.2, 0) is 4.79 Å². The molecule has 3 nitrogen and oxygen atoms in total. The van der Waals surface area contributed by atoms with Crippen LogP contribution in [0.25, 0.3) is 0 Å². The van der Waals surface area contributed by atoms with E-state index in [1.54, 1.807) is 0 Å². The Balaban J connectivity index is 2.18. The number of carboxylic acids is 1. The van der Waals surface area contributed by atoms with E-state index in [4.69, 9.17) is 0 Å². The quantitative estimate of drug-likeness (QED) is 0.849. The molecule has 0 radical (unpaired) electrons. The van der Waals surface area contributed by atoms with Gasteiger partial charge in [-0.3, -0.25) is 9.69 Å². The third-order valence-corrected chi connectivity index (χ3v) is 5.93. The molecule has 0 aromatic rings. The Morgan fingerprint density at radius 1 is 1.19 bits per heavy atom. The first-order chi connectivity index (χ1) is 9.84. The van der Waals surface area contributed by atoms with Crippen molar-refractivity contribution < 1.29 is 9.90 Å². The van der Waals surface area contributed by atoms with Crippen molar-refractivity contribution in [3.8, 4) is 0 Å². The number of carboxylic acid groups (broad SMARTS) is 1. The Bertz CT molecular complexity index is 361. The van der Waals surface area contributed by atoms with Gasteiger partial charge in [-0.2, -0.15) is 0 Å². The Hall–Kier alpha value is -0.570. The van der Waals surface area contributed by atoms with E-state index in [2.05, 4.69) is 32.6 Å². The molecule has 0 aromatic carbocycles. The van der Waals surface area contributed by atoms with Gasteiger partial charge in [-0.25, -0.2) is 0 Å². The molecule has 21 heavy (non-hydrogen) atoms. The average molecular weight is 295 g/mol. The summed E-state index contributed by atoms with van der Waals surface area (Å²) < 4.78 is 0. The molecular weight excluding hydrogens is 262 g/mol. The summed E-state index contributed by atoms with van der Waals surface area (Å²) in [4.78, 5) is 14.3. The smallest absolute Gasteiger partial charge is 0.308 e. The third-order valence-electron chi connectivity index (χ3n) is 5.93. The topological polar surface area (TPSA) is 40.5 Å². The van der Waals surface area contributed by atoms with Crippen LogP contribution >= 0.6 is 0 Å². The third kappa shape index (κ3) is 3.80. The summed E-state index contributed by atoms with van der Waals surface area (Å²) in [5.74, 6) is -0.0823. The van der Waals surface area contributed by atoms with Gasteiger partial charge in [0.2, 0.25) is 0 Å². The van der Waals surface area contributed by atoms with Gasteiger partial charge in [-0.1, -0.05) is 34.1 Å². The fourth-order valence-corrected chi connectivity index (χ4v) is 4.49. The first-order valence-corrected chi connectivity index (χ1v) is 8.83. The molecule has 1 saturated carbocycles. The molecule has 1 aliphatic heterocycles. The minimum absolute atomic E-state index is 0.157. The van der Waals surface area contributed by atoms with Crippen LogP contribution in [0.1, 0.15) is 72.6 Å². The van der Waals surface area contributed by atoms with E-state index >= 15 is 0 Å². The van der Waals surface area contributed by atoms with Crippen LogP contribution in [0.2, 0.25) is 0 Å². The van der Waals surface area contributed by atoms with Gasteiger partial charge in [0.05, 0.1) is 5.92 Å². The molecule has 1 N–H and O–H groups in total. The summed E-state index contributed by atoms with van der Waals surface area (Å²) in [5.41, 5.74) is 0.291. The molecule has 122 valence electrons. The highest BCUT2D eigenvalue weighted by molar-refractivity contribution is 5.71. The number of aliphatic carboxylic acids is 1. The zero-order chi connectivity index (χ0) is 15.6. The maximum atomic E-state index is 11.7. The number of rotatable bonds is 3. The molecular formula is C18H33NO2. The van der Waals surface area contributed by atoms with Crippen molar-refractivity contribution in [3.63, 3.8) is 0 Å². The zero-order valence-corrected chi connectivity index (χ0v) is 14.3. The number of carbonyl (C=O) groups is 1. The standard InChI is InChI=1S/C18H33NO2/c1-5-14-8-6-7-11-19(14)16-12-13(18(2,3)4)9-10-15(16)17(20)21/h13-16H,5-12H2,1-4H3,(H,20,21). The van der Waals surface area contributed by atoms with Crippen molar-refractivity contribution in [1.82, 2.24) is 4.90 Å². The fourth-order valence-electron chi connectivity index (χ4n) is 4.49. The number of nitrogens with zero attached hydrogens (tertiary/aromatic N) is 1. The monoisotopic (exact) mass is 295 g/mol. The molecule has 0 bridgehead atoms. The summed E-state index contributed by atoms with van der Waals surface area (Å²) in [5, 5.41) is 9.66. The van der Waals surface area contributed by atoms with Crippen molar-refractivity contribution in [2.24, 2.45) is 17.3 Å². The minimum atomic E-state index is -0.576. The largest absolute Gasteiger partial charge is 0.481 e. The molecule has 0 spiro atoms. The van der Waals surface area contributed by atoms with E-state index in [0.29, 0.717) is 17.4 Å². The Labute approximate surface area is 130 Å². The van der Waals surface area contributed by atoms with Crippen molar-refractivity contribution >= 4 is 5.97 Å². The minimum Gasteiger partial charge on any atom is -0.481 e. The Morgan fingerprint density at radius 3 is 2.48 bits per heavy atom. The van der Waals surface area contributed by atoms with Gasteiger partial charge in [0.25, 0.3) is 0 Å². The molecule has 1 aliphatic carbocycles. The summed E-state index contributed by atoms with van der Waals surface area (Å²) in [7, 11) is 0. The molecule has 0 aromatic heterocycles. The Morgan fingerprint density at radius 2 is 1.90 bits per heavy atom. The van der Waals surface area contributed by atoms with E-state index in [9.17, 15) is 9.90 Å². The van der Waals surface area contributed by atoms with Crippen LogP contribution < -0.4 is 0 Å². The SMILES string of the molecule is CCC1CCCCN1C1CC(C(C)(C)C)CCC1C(=O)O. The highest BCUT2D eigenvalue weighted by Crippen LogP contribution is 2.43. The number of hydrogen-bond acceptors (Lipinski definition) is 2. The molecule has 2 fully saturated rings. The maximum Gasteiger partial charge on any atom is 0.308 e. The van der Waals surface area contributed by atoms with Crippen LogP contribution in [0, 0.1) is 17.3 Å². The van der Waals surface area contributed by atoms with E-state index in [0.717, 1.165) is 32.2 Å². The summed E-state index contributed by atoms with van der Waals surface area (Å²) in [6.07, 6.45) is 7.94. The lowest BCUT2D eigenvalue weighted by molar-refractivity contribution is -0.148. The van der Waals surface area contributed by atoms with E-state index < -0.39 is 5.97 Å². The van der Waals surface area contributed by atoms with Gasteiger partial charge < -0.3 is 5.11 Å². The van der Waals surface area contributed by atoms with Crippen LogP contribution in [0.3, 0.4) is 0 Å². The normalized spacial score (nSPS) is 35.6. The molecule has 2 rings (SSSR count). The van der Waals surface area contributed by atoms with Gasteiger partial charge in [0.15, 0.2) is 0 Å². The lowest BCUT2D eigenvalue weighted by Gasteiger charge is -2.49. The van der Waals surface area contributed by atoms with Gasteiger partial charge in [0, 0.05) is 12.1 Å². The maximum absolute atomic E-state index is 11.7. The second kappa shape index (κ2) is 6.68. The van der Waals surface area contributed by atoms with Crippen molar-refractivity contribution in [2.45, 2.75) is 84.7 Å². The Kier molecular flexibility index (Phi) is 5.34. The van der Waals surface area contributed by atoms with Gasteiger partial charge >= 0.3 is 5.97 Å². The second-order valence-corrected chi connectivity index (χ2v) is 8.18. The predicted molar refractivity (Wildman–Crippen MR) is 86.3 cm³/mol. The van der Waals surface area contributed by atoms with Gasteiger partial charge in [0.1, 0.15) is 0 Å². The highest BCUT2D eigenvalue weighted by Gasteiger charge is 2.43. The number of likely N-dealkylation sites (tertiary alicyclic amines) is 1. The van der Waals surface area contributed by atoms with Crippen molar-refractivity contribution in [1.29, 1.82) is 0 Å². The molecule has 0 amide bonds. The first kappa shape index (κ1) is 16.8. The lowest BCUT2D eigenvalue weighted by Crippen LogP contribution is -2.54. The zero-order valence-electron chi connectivity index (χ0n) is 14.3. The summed E-state index contributed by atoms with van der Waals surface area (Å²) in [6, 6.07) is 0.857. The molecule has 3 heteroatoms. The van der Waals surface area contributed by atoms with Gasteiger partial charge in [-0.05, 0) is 56.4 Å². The molecule has 4 atom stereocenters. The van der Waals surface area contributed by atoms with Crippen LogP contribution in [0.4, 0.5) is 0 Å². The van der Waals surface area contributed by atoms with E-state index in [1.165, 1.54) is 19.3 Å². The summed E-state index contributed by atoms with van der Waals surface area (Å²) >= 11 is 0. The fraction of sp³-hybridized carbons (Fsp3) is 0.944. The molecule has 2 aliphatic rings. The average Bonchev–Trinajstić information content (AvgIpc) is 2.45. The van der Waals surface area contributed by atoms with Crippen LogP contribution in [0.15, 0.2) is 0 Å². The van der Waals surface area contributed by atoms with Crippen LogP contribution in [0.5, 0.6) is 0 Å². The van der Waals surface area contributed by atoms with Crippen molar-refractivity contribution in [3.05, 3.63) is 0 Å². The van der Waals surface area contributed by atoms with Gasteiger partial charge in [-0.15, -0.1) is 0 Å². The number of piperidine rings is 1. The lowest BCUT2D eigenvalue weighted by atomic mass is 9.67.